The number of thiazole rings is 1. The molecule has 3 heterocycles. The minimum Gasteiger partial charge on any atom is -0.342 e. The fourth-order valence-electron chi connectivity index (χ4n) is 4.00. The Balaban J connectivity index is 1.13. The number of aromatic nitrogens is 4. The molecular weight excluding hydrogens is 408 g/mol. The number of nitrogens with zero attached hydrogens (tertiary/aromatic N) is 3. The summed E-state index contributed by atoms with van der Waals surface area (Å²) in [6.45, 7) is 1.44. The number of para-hydroxylation sites is 2. The second kappa shape index (κ2) is 8.95. The highest BCUT2D eigenvalue weighted by atomic mass is 32.1. The Morgan fingerprint density at radius 2 is 2.13 bits per heavy atom. The van der Waals surface area contributed by atoms with E-state index in [9.17, 15) is 4.79 Å². The fraction of sp³-hybridized carbons (Fsp3) is 0.304. The van der Waals surface area contributed by atoms with E-state index in [4.69, 9.17) is 0 Å². The molecule has 1 atom stereocenters. The maximum Gasteiger partial charge on any atom is 0.271 e. The van der Waals surface area contributed by atoms with Gasteiger partial charge in [0, 0.05) is 24.5 Å². The highest BCUT2D eigenvalue weighted by Gasteiger charge is 2.24. The summed E-state index contributed by atoms with van der Waals surface area (Å²) in [5.74, 6) is 0.794. The molecule has 1 aromatic carbocycles. The summed E-state index contributed by atoms with van der Waals surface area (Å²) in [6.07, 6.45) is 5.56. The van der Waals surface area contributed by atoms with Crippen LogP contribution in [0.5, 0.6) is 0 Å². The van der Waals surface area contributed by atoms with Gasteiger partial charge in [0.15, 0.2) is 0 Å². The lowest BCUT2D eigenvalue weighted by atomic mass is 9.92. The monoisotopic (exact) mass is 432 g/mol. The van der Waals surface area contributed by atoms with Crippen LogP contribution in [0.4, 0.5) is 0 Å². The maximum atomic E-state index is 12.7. The molecule has 8 heteroatoms. The summed E-state index contributed by atoms with van der Waals surface area (Å²) >= 11 is 1.52. The van der Waals surface area contributed by atoms with Crippen LogP contribution in [0.3, 0.4) is 0 Å². The van der Waals surface area contributed by atoms with Gasteiger partial charge in [-0.15, -0.1) is 11.3 Å². The first-order chi connectivity index (χ1) is 15.3. The molecule has 5 rings (SSSR count). The summed E-state index contributed by atoms with van der Waals surface area (Å²) < 4.78 is 0. The van der Waals surface area contributed by atoms with E-state index in [1.807, 2.05) is 35.7 Å². The van der Waals surface area contributed by atoms with Crippen LogP contribution in [0.2, 0.25) is 0 Å². The number of hydrogen-bond acceptors (Lipinski definition) is 6. The van der Waals surface area contributed by atoms with Crippen molar-refractivity contribution in [1.29, 1.82) is 0 Å². The van der Waals surface area contributed by atoms with E-state index in [2.05, 4.69) is 36.6 Å². The number of aromatic amines is 1. The highest BCUT2D eigenvalue weighted by molar-refractivity contribution is 7.09. The van der Waals surface area contributed by atoms with Gasteiger partial charge in [0.2, 0.25) is 0 Å². The van der Waals surface area contributed by atoms with Crippen molar-refractivity contribution in [2.75, 3.05) is 6.54 Å². The number of carbonyl (C=O) groups excluding carboxylic acids is 1. The summed E-state index contributed by atoms with van der Waals surface area (Å²) in [4.78, 5) is 29.6. The number of hydrogen-bond donors (Lipinski definition) is 3. The fourth-order valence-corrected chi connectivity index (χ4v) is 4.78. The molecule has 1 aliphatic carbocycles. The van der Waals surface area contributed by atoms with Crippen molar-refractivity contribution in [2.24, 2.45) is 0 Å². The minimum absolute atomic E-state index is 0.0342. The number of nitrogens with one attached hydrogen (secondary N) is 3. The number of H-pyrrole nitrogens is 1. The molecule has 158 valence electrons. The number of imidazole rings is 1. The van der Waals surface area contributed by atoms with Crippen molar-refractivity contribution in [2.45, 2.75) is 38.3 Å². The predicted octanol–water partition coefficient (Wildman–Crippen LogP) is 3.55. The van der Waals surface area contributed by atoms with Crippen LogP contribution in [0, 0.1) is 0 Å². The number of amides is 1. The third-order valence-corrected chi connectivity index (χ3v) is 6.44. The summed E-state index contributed by atoms with van der Waals surface area (Å²) in [6, 6.07) is 12.0. The Morgan fingerprint density at radius 3 is 3.06 bits per heavy atom. The van der Waals surface area contributed by atoms with Crippen molar-refractivity contribution < 1.29 is 4.79 Å². The molecular formula is C23H24N6OS. The molecule has 31 heavy (non-hydrogen) atoms. The molecule has 1 unspecified atom stereocenters. The first kappa shape index (κ1) is 19.8. The van der Waals surface area contributed by atoms with Crippen molar-refractivity contribution in [3.05, 3.63) is 75.8 Å². The molecule has 1 amide bonds. The zero-order valence-corrected chi connectivity index (χ0v) is 17.9. The molecule has 3 N–H and O–H groups in total. The lowest BCUT2D eigenvalue weighted by Crippen LogP contribution is -2.31. The molecule has 0 aliphatic heterocycles. The van der Waals surface area contributed by atoms with Crippen molar-refractivity contribution >= 4 is 28.3 Å². The largest absolute Gasteiger partial charge is 0.342 e. The van der Waals surface area contributed by atoms with E-state index >= 15 is 0 Å². The van der Waals surface area contributed by atoms with Crippen LogP contribution >= 0.6 is 11.3 Å². The Kier molecular flexibility index (Phi) is 5.73. The van der Waals surface area contributed by atoms with Crippen molar-refractivity contribution in [3.63, 3.8) is 0 Å². The number of aryl methyl sites for hydroxylation is 1. The SMILES string of the molecule is O=C(NC1CCCc2cccnc21)c1csc(CCNCc2nc3ccccc3[nH]2)n1. The van der Waals surface area contributed by atoms with Gasteiger partial charge in [0.1, 0.15) is 11.5 Å². The van der Waals surface area contributed by atoms with Gasteiger partial charge in [-0.05, 0) is 43.0 Å². The van der Waals surface area contributed by atoms with E-state index in [1.54, 1.807) is 6.20 Å². The van der Waals surface area contributed by atoms with Gasteiger partial charge in [0.05, 0.1) is 34.3 Å². The quantitative estimate of drug-likeness (QED) is 0.388. The minimum atomic E-state index is -0.124. The van der Waals surface area contributed by atoms with Gasteiger partial charge >= 0.3 is 0 Å². The molecule has 7 nitrogen and oxygen atoms in total. The lowest BCUT2D eigenvalue weighted by molar-refractivity contribution is 0.0927. The number of rotatable bonds is 7. The third kappa shape index (κ3) is 4.50. The summed E-state index contributed by atoms with van der Waals surface area (Å²) in [7, 11) is 0. The highest BCUT2D eigenvalue weighted by Crippen LogP contribution is 2.28. The number of carbonyl (C=O) groups is 1. The molecule has 4 aromatic rings. The maximum absolute atomic E-state index is 12.7. The Bertz CT molecular complexity index is 1170. The van der Waals surface area contributed by atoms with Crippen LogP contribution in [0.25, 0.3) is 11.0 Å². The van der Waals surface area contributed by atoms with Crippen LogP contribution in [0.1, 0.15) is 51.5 Å². The van der Waals surface area contributed by atoms with Gasteiger partial charge in [-0.1, -0.05) is 18.2 Å². The third-order valence-electron chi connectivity index (χ3n) is 5.53. The molecule has 0 fully saturated rings. The lowest BCUT2D eigenvalue weighted by Gasteiger charge is -2.24. The van der Waals surface area contributed by atoms with E-state index in [0.717, 1.165) is 59.8 Å². The molecule has 3 aromatic heterocycles. The van der Waals surface area contributed by atoms with Crippen LogP contribution in [0.15, 0.2) is 48.0 Å². The zero-order chi connectivity index (χ0) is 21.0. The van der Waals surface area contributed by atoms with Gasteiger partial charge in [-0.3, -0.25) is 9.78 Å². The summed E-state index contributed by atoms with van der Waals surface area (Å²) in [5.41, 5.74) is 4.73. The average molecular weight is 433 g/mol. The smallest absolute Gasteiger partial charge is 0.271 e. The summed E-state index contributed by atoms with van der Waals surface area (Å²) in [5, 5.41) is 9.30. The Morgan fingerprint density at radius 1 is 1.19 bits per heavy atom. The molecule has 1 aliphatic rings. The van der Waals surface area contributed by atoms with E-state index < -0.39 is 0 Å². The Hall–Kier alpha value is -3.10. The second-order valence-electron chi connectivity index (χ2n) is 7.72. The van der Waals surface area contributed by atoms with Crippen molar-refractivity contribution in [1.82, 2.24) is 30.6 Å². The first-order valence-corrected chi connectivity index (χ1v) is 11.5. The van der Waals surface area contributed by atoms with Gasteiger partial charge in [0.25, 0.3) is 5.91 Å². The normalized spacial score (nSPS) is 15.7. The van der Waals surface area contributed by atoms with Crippen LogP contribution in [-0.4, -0.2) is 32.4 Å². The zero-order valence-electron chi connectivity index (χ0n) is 17.1. The average Bonchev–Trinajstić information content (AvgIpc) is 3.44. The molecule has 0 spiro atoms. The molecule has 0 saturated heterocycles. The number of benzene rings is 1. The van der Waals surface area contributed by atoms with Crippen molar-refractivity contribution in [3.8, 4) is 0 Å². The van der Waals surface area contributed by atoms with Crippen LogP contribution < -0.4 is 10.6 Å². The van der Waals surface area contributed by atoms with Gasteiger partial charge in [-0.25, -0.2) is 9.97 Å². The number of fused-ring (bicyclic) bond motifs is 2. The van der Waals surface area contributed by atoms with Crippen LogP contribution in [-0.2, 0) is 19.4 Å². The molecule has 0 bridgehead atoms. The standard InChI is InChI=1S/C23H24N6OS/c30-23(29-18-9-3-5-15-6-4-11-25-22(15)18)19-14-31-21(28-19)10-12-24-13-20-26-16-7-1-2-8-17(16)27-20/h1-2,4,6-8,11,14,18,24H,3,5,9-10,12-13H2,(H,26,27)(H,29,30). The topological polar surface area (TPSA) is 95.6 Å². The number of pyridine rings is 1. The van der Waals surface area contributed by atoms with E-state index in [0.29, 0.717) is 12.2 Å². The molecule has 0 saturated carbocycles. The van der Waals surface area contributed by atoms with Gasteiger partial charge in [-0.2, -0.15) is 0 Å². The molecule has 0 radical (unpaired) electrons. The van der Waals surface area contributed by atoms with E-state index in [-0.39, 0.29) is 11.9 Å². The van der Waals surface area contributed by atoms with Gasteiger partial charge < -0.3 is 15.6 Å². The second-order valence-corrected chi connectivity index (χ2v) is 8.66. The first-order valence-electron chi connectivity index (χ1n) is 10.6. The predicted molar refractivity (Wildman–Crippen MR) is 121 cm³/mol. The Labute approximate surface area is 184 Å². The van der Waals surface area contributed by atoms with E-state index in [1.165, 1.54) is 16.9 Å².